The van der Waals surface area contributed by atoms with Crippen molar-refractivity contribution in [2.24, 2.45) is 0 Å². The van der Waals surface area contributed by atoms with Crippen LogP contribution in [0.25, 0.3) is 10.8 Å². The van der Waals surface area contributed by atoms with Crippen molar-refractivity contribution in [2.75, 3.05) is 0 Å². The summed E-state index contributed by atoms with van der Waals surface area (Å²) in [5.41, 5.74) is 2.38. The summed E-state index contributed by atoms with van der Waals surface area (Å²) in [6.07, 6.45) is 3.54. The molecule has 0 aliphatic heterocycles. The lowest BCUT2D eigenvalue weighted by molar-refractivity contribution is 0.411. The normalized spacial score (nSPS) is 10.8. The fraction of sp³-hybridized carbons (Fsp3) is 0.133. The third-order valence-electron chi connectivity index (χ3n) is 3.02. The lowest BCUT2D eigenvalue weighted by Gasteiger charge is -2.04. The number of hydrogen-bond donors (Lipinski definition) is 0. The van der Waals surface area contributed by atoms with E-state index >= 15 is 0 Å². The molecule has 1 heterocycles. The molecule has 3 rings (SSSR count). The van der Waals surface area contributed by atoms with Crippen molar-refractivity contribution in [1.29, 1.82) is 0 Å². The number of hydrogen-bond acceptors (Lipinski definition) is 2. The first-order valence-corrected chi connectivity index (χ1v) is 5.79. The van der Waals surface area contributed by atoms with E-state index in [1.165, 1.54) is 16.3 Å². The maximum Gasteiger partial charge on any atom is 0.124 e. The Kier molecular flexibility index (Phi) is 2.62. The van der Waals surface area contributed by atoms with E-state index in [2.05, 4.69) is 47.6 Å². The van der Waals surface area contributed by atoms with Gasteiger partial charge in [0.1, 0.15) is 6.26 Å². The van der Waals surface area contributed by atoms with Crippen molar-refractivity contribution in [3.8, 4) is 0 Å². The van der Waals surface area contributed by atoms with Crippen molar-refractivity contribution >= 4 is 10.8 Å². The number of aryl methyl sites for hydroxylation is 2. The van der Waals surface area contributed by atoms with Gasteiger partial charge in [0.2, 0.25) is 0 Å². The lowest BCUT2D eigenvalue weighted by atomic mass is 10.0. The molecule has 0 bridgehead atoms. The quantitative estimate of drug-likeness (QED) is 0.678. The molecule has 0 aliphatic rings. The van der Waals surface area contributed by atoms with Crippen LogP contribution in [0.4, 0.5) is 0 Å². The highest BCUT2D eigenvalue weighted by atomic mass is 16.5. The van der Waals surface area contributed by atoms with Gasteiger partial charge in [-0.2, -0.15) is 0 Å². The van der Waals surface area contributed by atoms with Crippen LogP contribution in [-0.2, 0) is 12.8 Å². The van der Waals surface area contributed by atoms with Gasteiger partial charge in [-0.25, -0.2) is 0 Å². The largest absolute Gasteiger partial charge is 0.365 e. The first-order chi connectivity index (χ1) is 8.43. The molecule has 0 saturated carbocycles. The van der Waals surface area contributed by atoms with Crippen LogP contribution < -0.4 is 0 Å². The zero-order valence-electron chi connectivity index (χ0n) is 9.47. The summed E-state index contributed by atoms with van der Waals surface area (Å²) in [4.78, 5) is 0. The summed E-state index contributed by atoms with van der Waals surface area (Å²) < 4.78 is 4.84. The Balaban J connectivity index is 1.90. The summed E-state index contributed by atoms with van der Waals surface area (Å²) in [6.45, 7) is 0. The lowest BCUT2D eigenvalue weighted by Crippen LogP contribution is -1.92. The topological polar surface area (TPSA) is 26.0 Å². The maximum atomic E-state index is 4.84. The average Bonchev–Trinajstić information content (AvgIpc) is 2.89. The van der Waals surface area contributed by atoms with E-state index in [1.807, 2.05) is 6.07 Å². The number of aromatic nitrogens is 1. The third kappa shape index (κ3) is 2.07. The van der Waals surface area contributed by atoms with Gasteiger partial charge in [0.25, 0.3) is 0 Å². The van der Waals surface area contributed by atoms with Crippen molar-refractivity contribution in [3.63, 3.8) is 0 Å². The zero-order valence-corrected chi connectivity index (χ0v) is 9.47. The Morgan fingerprint density at radius 1 is 0.882 bits per heavy atom. The number of nitrogens with zero attached hydrogens (tertiary/aromatic N) is 1. The number of fused-ring (bicyclic) bond motifs is 1. The van der Waals surface area contributed by atoms with Crippen LogP contribution in [0.3, 0.4) is 0 Å². The summed E-state index contributed by atoms with van der Waals surface area (Å²) in [5, 5.41) is 6.56. The van der Waals surface area contributed by atoms with Gasteiger partial charge in [-0.1, -0.05) is 47.6 Å². The summed E-state index contributed by atoms with van der Waals surface area (Å²) in [7, 11) is 0. The molecule has 0 N–H and O–H groups in total. The standard InChI is InChI=1S/C15H13NO/c1-2-7-15-12(4-1)5-3-6-13(15)8-9-14-10-11-17-16-14/h1-7,10-11H,8-9H2. The van der Waals surface area contributed by atoms with Crippen molar-refractivity contribution in [1.82, 2.24) is 5.16 Å². The van der Waals surface area contributed by atoms with Gasteiger partial charge < -0.3 is 4.52 Å². The minimum absolute atomic E-state index is 0.921. The fourth-order valence-electron chi connectivity index (χ4n) is 2.14. The first kappa shape index (κ1) is 10.1. The van der Waals surface area contributed by atoms with Crippen LogP contribution >= 0.6 is 0 Å². The van der Waals surface area contributed by atoms with E-state index in [1.54, 1.807) is 6.26 Å². The Morgan fingerprint density at radius 2 is 1.76 bits per heavy atom. The molecule has 0 spiro atoms. The van der Waals surface area contributed by atoms with Crippen LogP contribution in [0.5, 0.6) is 0 Å². The molecule has 0 aliphatic carbocycles. The van der Waals surface area contributed by atoms with Gasteiger partial charge >= 0.3 is 0 Å². The third-order valence-corrected chi connectivity index (χ3v) is 3.02. The highest BCUT2D eigenvalue weighted by molar-refractivity contribution is 5.85. The first-order valence-electron chi connectivity index (χ1n) is 5.79. The van der Waals surface area contributed by atoms with Crippen LogP contribution in [0, 0.1) is 0 Å². The molecule has 0 atom stereocenters. The predicted octanol–water partition coefficient (Wildman–Crippen LogP) is 3.61. The fourth-order valence-corrected chi connectivity index (χ4v) is 2.14. The Morgan fingerprint density at radius 3 is 2.65 bits per heavy atom. The molecule has 2 aromatic carbocycles. The second-order valence-corrected chi connectivity index (χ2v) is 4.13. The molecule has 0 unspecified atom stereocenters. The molecule has 84 valence electrons. The molecule has 17 heavy (non-hydrogen) atoms. The molecule has 0 radical (unpaired) electrons. The van der Waals surface area contributed by atoms with E-state index in [-0.39, 0.29) is 0 Å². The van der Waals surface area contributed by atoms with Gasteiger partial charge in [0, 0.05) is 6.07 Å². The van der Waals surface area contributed by atoms with E-state index in [0.717, 1.165) is 18.5 Å². The van der Waals surface area contributed by atoms with E-state index in [0.29, 0.717) is 0 Å². The molecular formula is C15H13NO. The van der Waals surface area contributed by atoms with Crippen molar-refractivity contribution < 1.29 is 4.52 Å². The highest BCUT2D eigenvalue weighted by Gasteiger charge is 2.02. The van der Waals surface area contributed by atoms with Crippen molar-refractivity contribution in [3.05, 3.63) is 66.1 Å². The Hall–Kier alpha value is -2.09. The average molecular weight is 223 g/mol. The van der Waals surface area contributed by atoms with Gasteiger partial charge in [-0.3, -0.25) is 0 Å². The maximum absolute atomic E-state index is 4.84. The number of rotatable bonds is 3. The molecule has 0 fully saturated rings. The van der Waals surface area contributed by atoms with E-state index in [4.69, 9.17) is 4.52 Å². The monoisotopic (exact) mass is 223 g/mol. The van der Waals surface area contributed by atoms with E-state index < -0.39 is 0 Å². The molecule has 2 nitrogen and oxygen atoms in total. The van der Waals surface area contributed by atoms with Gasteiger partial charge in [-0.15, -0.1) is 0 Å². The molecule has 2 heteroatoms. The zero-order chi connectivity index (χ0) is 11.5. The van der Waals surface area contributed by atoms with Crippen LogP contribution in [0.2, 0.25) is 0 Å². The SMILES string of the molecule is c1ccc2c(CCc3ccon3)cccc2c1. The minimum atomic E-state index is 0.921. The summed E-state index contributed by atoms with van der Waals surface area (Å²) in [6, 6.07) is 16.8. The van der Waals surface area contributed by atoms with Crippen LogP contribution in [-0.4, -0.2) is 5.16 Å². The highest BCUT2D eigenvalue weighted by Crippen LogP contribution is 2.19. The molecular weight excluding hydrogens is 210 g/mol. The second-order valence-electron chi connectivity index (χ2n) is 4.13. The second kappa shape index (κ2) is 4.42. The van der Waals surface area contributed by atoms with Gasteiger partial charge in [-0.05, 0) is 29.2 Å². The summed E-state index contributed by atoms with van der Waals surface area (Å²) >= 11 is 0. The van der Waals surface area contributed by atoms with Crippen LogP contribution in [0.15, 0.2) is 59.3 Å². The van der Waals surface area contributed by atoms with Crippen LogP contribution in [0.1, 0.15) is 11.3 Å². The molecule has 0 saturated heterocycles. The van der Waals surface area contributed by atoms with E-state index in [9.17, 15) is 0 Å². The summed E-state index contributed by atoms with van der Waals surface area (Å²) in [5.74, 6) is 0. The van der Waals surface area contributed by atoms with Gasteiger partial charge in [0.05, 0.1) is 5.69 Å². The van der Waals surface area contributed by atoms with Crippen molar-refractivity contribution in [2.45, 2.75) is 12.8 Å². The Bertz CT molecular complexity index is 608. The number of benzene rings is 2. The Labute approximate surface area is 99.9 Å². The molecule has 1 aromatic heterocycles. The smallest absolute Gasteiger partial charge is 0.124 e. The predicted molar refractivity (Wildman–Crippen MR) is 67.9 cm³/mol. The molecule has 0 amide bonds. The molecule has 3 aromatic rings. The van der Waals surface area contributed by atoms with Gasteiger partial charge in [0.15, 0.2) is 0 Å². The minimum Gasteiger partial charge on any atom is -0.365 e.